The van der Waals surface area contributed by atoms with E-state index in [-0.39, 0.29) is 17.7 Å². The van der Waals surface area contributed by atoms with Crippen molar-refractivity contribution in [1.29, 1.82) is 0 Å². The molecule has 1 amide bonds. The number of ether oxygens (including phenoxy) is 1. The number of fused-ring (bicyclic) bond motifs is 1. The van der Waals surface area contributed by atoms with Gasteiger partial charge < -0.3 is 15.2 Å². The number of phenols is 1. The lowest BCUT2D eigenvalue weighted by Gasteiger charge is -2.11. The summed E-state index contributed by atoms with van der Waals surface area (Å²) in [7, 11) is 0. The summed E-state index contributed by atoms with van der Waals surface area (Å²) in [5.41, 5.74) is 1.63. The molecule has 1 unspecified atom stereocenters. The van der Waals surface area contributed by atoms with E-state index in [9.17, 15) is 9.90 Å². The summed E-state index contributed by atoms with van der Waals surface area (Å²) in [5.74, 6) is 1.44. The highest BCUT2D eigenvalue weighted by molar-refractivity contribution is 5.73. The molecule has 0 saturated heterocycles. The van der Waals surface area contributed by atoms with Crippen molar-refractivity contribution >= 4 is 11.6 Å². The minimum Gasteiger partial charge on any atom is -0.508 e. The summed E-state index contributed by atoms with van der Waals surface area (Å²) < 4.78 is 7.52. The van der Waals surface area contributed by atoms with Crippen LogP contribution in [0, 0.1) is 0 Å². The van der Waals surface area contributed by atoms with E-state index in [0.29, 0.717) is 23.8 Å². The second kappa shape index (κ2) is 6.57. The molecule has 0 bridgehead atoms. The van der Waals surface area contributed by atoms with Crippen LogP contribution < -0.4 is 10.1 Å². The normalized spacial score (nSPS) is 12.1. The highest BCUT2D eigenvalue weighted by atomic mass is 16.5. The molecule has 0 radical (unpaired) electrons. The number of rotatable bonds is 5. The Balaban J connectivity index is 1.74. The molecule has 0 spiro atoms. The van der Waals surface area contributed by atoms with Gasteiger partial charge in [-0.15, -0.1) is 10.2 Å². The van der Waals surface area contributed by atoms with Gasteiger partial charge in [-0.1, -0.05) is 0 Å². The summed E-state index contributed by atoms with van der Waals surface area (Å²) in [5, 5.41) is 20.4. The van der Waals surface area contributed by atoms with Crippen molar-refractivity contribution in [2.45, 2.75) is 26.5 Å². The molecule has 2 N–H and O–H groups in total. The van der Waals surface area contributed by atoms with E-state index in [1.165, 1.54) is 6.92 Å². The number of carbonyl (C=O) groups is 1. The van der Waals surface area contributed by atoms with Crippen LogP contribution in [0.3, 0.4) is 0 Å². The number of hydrogen-bond acceptors (Lipinski definition) is 5. The predicted octanol–water partition coefficient (Wildman–Crippen LogP) is 2.21. The van der Waals surface area contributed by atoms with Gasteiger partial charge in [0.15, 0.2) is 11.5 Å². The number of aromatic nitrogens is 3. The zero-order valence-corrected chi connectivity index (χ0v) is 13.4. The van der Waals surface area contributed by atoms with Crippen LogP contribution in [0.25, 0.3) is 5.65 Å². The molecule has 24 heavy (non-hydrogen) atoms. The van der Waals surface area contributed by atoms with Gasteiger partial charge in [0.05, 0.1) is 6.04 Å². The molecule has 0 fully saturated rings. The zero-order valence-electron chi connectivity index (χ0n) is 13.4. The first-order valence-electron chi connectivity index (χ1n) is 7.55. The molecule has 2 heterocycles. The Kier molecular flexibility index (Phi) is 4.33. The lowest BCUT2D eigenvalue weighted by Crippen LogP contribution is -2.25. The first-order valence-corrected chi connectivity index (χ1v) is 7.55. The van der Waals surface area contributed by atoms with Crippen LogP contribution in [0.5, 0.6) is 11.5 Å². The van der Waals surface area contributed by atoms with Gasteiger partial charge in [0.25, 0.3) is 0 Å². The SMILES string of the molecule is CC(=O)NC(C)c1nnc2cc(COc3ccc(O)cc3)ccn12. The Morgan fingerprint density at radius 2 is 2.04 bits per heavy atom. The average molecular weight is 326 g/mol. The number of nitrogens with one attached hydrogen (secondary N) is 1. The fraction of sp³-hybridized carbons (Fsp3) is 0.235. The molecule has 3 aromatic rings. The van der Waals surface area contributed by atoms with Crippen molar-refractivity contribution < 1.29 is 14.6 Å². The van der Waals surface area contributed by atoms with Crippen molar-refractivity contribution in [2.75, 3.05) is 0 Å². The molecule has 124 valence electrons. The number of carbonyl (C=O) groups excluding carboxylic acids is 1. The standard InChI is InChI=1S/C17H18N4O3/c1-11(18-12(2)22)17-20-19-16-9-13(7-8-21(16)17)10-24-15-5-3-14(23)4-6-15/h3-9,11,23H,10H2,1-2H3,(H,18,22). The van der Waals surface area contributed by atoms with Crippen molar-refractivity contribution in [2.24, 2.45) is 0 Å². The number of hydrogen-bond donors (Lipinski definition) is 2. The lowest BCUT2D eigenvalue weighted by atomic mass is 10.2. The molecular weight excluding hydrogens is 308 g/mol. The van der Waals surface area contributed by atoms with Gasteiger partial charge in [0, 0.05) is 13.1 Å². The number of aromatic hydroxyl groups is 1. The minimum absolute atomic E-state index is 0.113. The molecule has 1 atom stereocenters. The maximum atomic E-state index is 11.2. The molecule has 3 rings (SSSR count). The molecule has 0 aliphatic rings. The number of pyridine rings is 1. The Hall–Kier alpha value is -3.09. The first-order chi connectivity index (χ1) is 11.5. The first kappa shape index (κ1) is 15.8. The van der Waals surface area contributed by atoms with Crippen LogP contribution in [-0.2, 0) is 11.4 Å². The highest BCUT2D eigenvalue weighted by Crippen LogP contribution is 2.18. The van der Waals surface area contributed by atoms with Crippen LogP contribution in [0.1, 0.15) is 31.3 Å². The fourth-order valence-electron chi connectivity index (χ4n) is 2.42. The maximum absolute atomic E-state index is 11.2. The van der Waals surface area contributed by atoms with Gasteiger partial charge in [-0.05, 0) is 48.9 Å². The van der Waals surface area contributed by atoms with E-state index in [1.807, 2.05) is 29.7 Å². The van der Waals surface area contributed by atoms with Crippen molar-refractivity contribution in [3.63, 3.8) is 0 Å². The van der Waals surface area contributed by atoms with Crippen LogP contribution in [-0.4, -0.2) is 25.6 Å². The van der Waals surface area contributed by atoms with E-state index in [1.54, 1.807) is 24.3 Å². The number of nitrogens with zero attached hydrogens (tertiary/aromatic N) is 3. The van der Waals surface area contributed by atoms with Crippen molar-refractivity contribution in [3.8, 4) is 11.5 Å². The van der Waals surface area contributed by atoms with Crippen LogP contribution in [0.15, 0.2) is 42.6 Å². The quantitative estimate of drug-likeness (QED) is 0.750. The number of phenolic OH excluding ortho intramolecular Hbond substituents is 1. The number of benzene rings is 1. The fourth-order valence-corrected chi connectivity index (χ4v) is 2.42. The zero-order chi connectivity index (χ0) is 17.1. The van der Waals surface area contributed by atoms with E-state index < -0.39 is 0 Å². The average Bonchev–Trinajstić information content (AvgIpc) is 2.97. The summed E-state index contributed by atoms with van der Waals surface area (Å²) in [4.78, 5) is 11.2. The van der Waals surface area contributed by atoms with Gasteiger partial charge in [0.2, 0.25) is 5.91 Å². The van der Waals surface area contributed by atoms with E-state index >= 15 is 0 Å². The molecule has 2 aromatic heterocycles. The van der Waals surface area contributed by atoms with Gasteiger partial charge in [-0.25, -0.2) is 0 Å². The molecule has 0 aliphatic heterocycles. The van der Waals surface area contributed by atoms with Crippen molar-refractivity contribution in [1.82, 2.24) is 19.9 Å². The summed E-state index contributed by atoms with van der Waals surface area (Å²) in [6, 6.07) is 10.1. The van der Waals surface area contributed by atoms with Gasteiger partial charge in [-0.3, -0.25) is 9.20 Å². The Morgan fingerprint density at radius 1 is 1.29 bits per heavy atom. The molecule has 7 heteroatoms. The second-order valence-electron chi connectivity index (χ2n) is 5.53. The maximum Gasteiger partial charge on any atom is 0.217 e. The molecule has 1 aromatic carbocycles. The third kappa shape index (κ3) is 3.45. The molecule has 0 saturated carbocycles. The second-order valence-corrected chi connectivity index (χ2v) is 5.53. The van der Waals surface area contributed by atoms with E-state index in [4.69, 9.17) is 4.74 Å². The van der Waals surface area contributed by atoms with E-state index in [0.717, 1.165) is 5.56 Å². The van der Waals surface area contributed by atoms with E-state index in [2.05, 4.69) is 15.5 Å². The molecular formula is C17H18N4O3. The lowest BCUT2D eigenvalue weighted by molar-refractivity contribution is -0.119. The van der Waals surface area contributed by atoms with Crippen LogP contribution in [0.2, 0.25) is 0 Å². The summed E-state index contributed by atoms with van der Waals surface area (Å²) in [6.07, 6.45) is 1.86. The summed E-state index contributed by atoms with van der Waals surface area (Å²) in [6.45, 7) is 3.71. The Bertz CT molecular complexity index is 858. The minimum atomic E-state index is -0.225. The third-order valence-electron chi connectivity index (χ3n) is 3.55. The molecule has 7 nitrogen and oxygen atoms in total. The largest absolute Gasteiger partial charge is 0.508 e. The van der Waals surface area contributed by atoms with Gasteiger partial charge >= 0.3 is 0 Å². The van der Waals surface area contributed by atoms with Crippen LogP contribution >= 0.6 is 0 Å². The van der Waals surface area contributed by atoms with Crippen molar-refractivity contribution in [3.05, 3.63) is 54.0 Å². The monoisotopic (exact) mass is 326 g/mol. The van der Waals surface area contributed by atoms with Gasteiger partial charge in [0.1, 0.15) is 18.1 Å². The van der Waals surface area contributed by atoms with Crippen LogP contribution in [0.4, 0.5) is 0 Å². The third-order valence-corrected chi connectivity index (χ3v) is 3.55. The molecule has 0 aliphatic carbocycles. The smallest absolute Gasteiger partial charge is 0.217 e. The van der Waals surface area contributed by atoms with Gasteiger partial charge in [-0.2, -0.15) is 0 Å². The highest BCUT2D eigenvalue weighted by Gasteiger charge is 2.14. The number of amides is 1. The summed E-state index contributed by atoms with van der Waals surface area (Å²) >= 11 is 0. The Labute approximate surface area is 138 Å². The Morgan fingerprint density at radius 3 is 2.75 bits per heavy atom. The predicted molar refractivity (Wildman–Crippen MR) is 87.7 cm³/mol. The topological polar surface area (TPSA) is 88.8 Å².